The number of amides is 2. The number of rotatable bonds is 6. The van der Waals surface area contributed by atoms with Crippen LogP contribution in [0.15, 0.2) is 23.1 Å². The SMILES string of the molecule is CCOC(=O)C1CCCN(S(=O)(=O)c2cc(N3C(=O)CCCC3=O)ccc2OC)C1. The smallest absolute Gasteiger partial charge is 0.310 e. The Morgan fingerprint density at radius 2 is 1.87 bits per heavy atom. The van der Waals surface area contributed by atoms with Gasteiger partial charge in [0.05, 0.1) is 25.3 Å². The van der Waals surface area contributed by atoms with Crippen LogP contribution >= 0.6 is 0 Å². The molecule has 2 aliphatic rings. The Labute approximate surface area is 176 Å². The van der Waals surface area contributed by atoms with E-state index >= 15 is 0 Å². The van der Waals surface area contributed by atoms with Crippen molar-refractivity contribution in [2.75, 3.05) is 31.7 Å². The van der Waals surface area contributed by atoms with Crippen molar-refractivity contribution in [2.24, 2.45) is 5.92 Å². The van der Waals surface area contributed by atoms with Crippen LogP contribution in [0.2, 0.25) is 0 Å². The minimum atomic E-state index is -4.03. The molecule has 2 aliphatic heterocycles. The van der Waals surface area contributed by atoms with E-state index in [2.05, 4.69) is 0 Å². The monoisotopic (exact) mass is 438 g/mol. The Hall–Kier alpha value is -2.46. The van der Waals surface area contributed by atoms with E-state index < -0.39 is 21.9 Å². The van der Waals surface area contributed by atoms with Crippen LogP contribution in [0, 0.1) is 5.92 Å². The molecule has 3 rings (SSSR count). The zero-order chi connectivity index (χ0) is 21.9. The van der Waals surface area contributed by atoms with Crippen LogP contribution < -0.4 is 9.64 Å². The summed E-state index contributed by atoms with van der Waals surface area (Å²) in [7, 11) is -2.68. The molecule has 1 aromatic rings. The van der Waals surface area contributed by atoms with Gasteiger partial charge in [-0.3, -0.25) is 19.3 Å². The van der Waals surface area contributed by atoms with Gasteiger partial charge in [-0.25, -0.2) is 8.42 Å². The molecule has 0 radical (unpaired) electrons. The number of anilines is 1. The molecule has 0 aromatic heterocycles. The number of sulfonamides is 1. The average molecular weight is 439 g/mol. The number of hydrogen-bond acceptors (Lipinski definition) is 7. The molecule has 1 aromatic carbocycles. The van der Waals surface area contributed by atoms with Crippen molar-refractivity contribution in [3.8, 4) is 5.75 Å². The molecule has 164 valence electrons. The number of esters is 1. The van der Waals surface area contributed by atoms with Gasteiger partial charge in [-0.1, -0.05) is 0 Å². The highest BCUT2D eigenvalue weighted by atomic mass is 32.2. The molecule has 0 aliphatic carbocycles. The number of imide groups is 1. The Bertz CT molecular complexity index is 928. The van der Waals surface area contributed by atoms with Crippen molar-refractivity contribution in [1.29, 1.82) is 0 Å². The molecule has 2 fully saturated rings. The van der Waals surface area contributed by atoms with E-state index in [9.17, 15) is 22.8 Å². The van der Waals surface area contributed by atoms with Crippen LogP contribution in [0.1, 0.15) is 39.0 Å². The first-order chi connectivity index (χ1) is 14.3. The summed E-state index contributed by atoms with van der Waals surface area (Å²) >= 11 is 0. The molecular formula is C20H26N2O7S. The van der Waals surface area contributed by atoms with Crippen LogP contribution in [0.5, 0.6) is 5.75 Å². The lowest BCUT2D eigenvalue weighted by Gasteiger charge is -2.31. The van der Waals surface area contributed by atoms with Crippen molar-refractivity contribution < 1.29 is 32.3 Å². The fourth-order valence-corrected chi connectivity index (χ4v) is 5.50. The largest absolute Gasteiger partial charge is 0.495 e. The maximum atomic E-state index is 13.4. The number of carbonyl (C=O) groups is 3. The third kappa shape index (κ3) is 4.34. The summed E-state index contributed by atoms with van der Waals surface area (Å²) in [5.74, 6) is -1.57. The maximum absolute atomic E-state index is 13.4. The summed E-state index contributed by atoms with van der Waals surface area (Å²) in [6.45, 7) is 2.20. The third-order valence-electron chi connectivity index (χ3n) is 5.31. The molecular weight excluding hydrogens is 412 g/mol. The van der Waals surface area contributed by atoms with Crippen molar-refractivity contribution in [3.63, 3.8) is 0 Å². The Kier molecular flexibility index (Phi) is 6.77. The van der Waals surface area contributed by atoms with Gasteiger partial charge < -0.3 is 9.47 Å². The topological polar surface area (TPSA) is 110 Å². The summed E-state index contributed by atoms with van der Waals surface area (Å²) in [4.78, 5) is 37.5. The first-order valence-electron chi connectivity index (χ1n) is 10.00. The minimum Gasteiger partial charge on any atom is -0.495 e. The van der Waals surface area contributed by atoms with E-state index in [0.29, 0.717) is 19.3 Å². The van der Waals surface area contributed by atoms with Gasteiger partial charge in [-0.2, -0.15) is 4.31 Å². The quantitative estimate of drug-likeness (QED) is 0.491. The zero-order valence-corrected chi connectivity index (χ0v) is 17.9. The molecule has 0 bridgehead atoms. The second-order valence-corrected chi connectivity index (χ2v) is 9.17. The predicted octanol–water partition coefficient (Wildman–Crippen LogP) is 1.70. The fourth-order valence-electron chi connectivity index (χ4n) is 3.80. The normalized spacial score (nSPS) is 20.9. The van der Waals surface area contributed by atoms with Crippen LogP contribution in [-0.4, -0.2) is 57.3 Å². The second kappa shape index (κ2) is 9.13. The molecule has 2 saturated heterocycles. The van der Waals surface area contributed by atoms with Gasteiger partial charge in [0.25, 0.3) is 0 Å². The van der Waals surface area contributed by atoms with Gasteiger partial charge in [0.15, 0.2) is 0 Å². The summed E-state index contributed by atoms with van der Waals surface area (Å²) in [5, 5.41) is 0. The van der Waals surface area contributed by atoms with Crippen LogP contribution in [0.4, 0.5) is 5.69 Å². The first kappa shape index (κ1) is 22.2. The van der Waals surface area contributed by atoms with E-state index in [-0.39, 0.29) is 60.7 Å². The summed E-state index contributed by atoms with van der Waals surface area (Å²) < 4.78 is 38.3. The highest BCUT2D eigenvalue weighted by Crippen LogP contribution is 2.34. The Morgan fingerprint density at radius 3 is 2.50 bits per heavy atom. The second-order valence-electron chi connectivity index (χ2n) is 7.27. The number of ether oxygens (including phenoxy) is 2. The van der Waals surface area contributed by atoms with Gasteiger partial charge in [0.2, 0.25) is 21.8 Å². The third-order valence-corrected chi connectivity index (χ3v) is 7.19. The molecule has 2 heterocycles. The first-order valence-corrected chi connectivity index (χ1v) is 11.4. The van der Waals surface area contributed by atoms with Gasteiger partial charge in [-0.15, -0.1) is 0 Å². The van der Waals surface area contributed by atoms with Gasteiger partial charge in [0, 0.05) is 25.9 Å². The summed E-state index contributed by atoms with van der Waals surface area (Å²) in [6, 6.07) is 4.23. The summed E-state index contributed by atoms with van der Waals surface area (Å²) in [6.07, 6.45) is 2.02. The number of nitrogens with zero attached hydrogens (tertiary/aromatic N) is 2. The van der Waals surface area contributed by atoms with Crippen molar-refractivity contribution in [2.45, 2.75) is 43.9 Å². The number of carbonyl (C=O) groups excluding carboxylic acids is 3. The molecule has 1 atom stereocenters. The molecule has 30 heavy (non-hydrogen) atoms. The number of piperidine rings is 2. The minimum absolute atomic E-state index is 0.0100. The van der Waals surface area contributed by atoms with E-state index in [1.165, 1.54) is 29.6 Å². The van der Waals surface area contributed by atoms with E-state index in [1.54, 1.807) is 6.92 Å². The number of methoxy groups -OCH3 is 1. The average Bonchev–Trinajstić information content (AvgIpc) is 2.74. The molecule has 0 spiro atoms. The fraction of sp³-hybridized carbons (Fsp3) is 0.550. The van der Waals surface area contributed by atoms with Crippen molar-refractivity contribution in [3.05, 3.63) is 18.2 Å². The van der Waals surface area contributed by atoms with E-state index in [0.717, 1.165) is 4.90 Å². The Balaban J connectivity index is 1.95. The molecule has 1 unspecified atom stereocenters. The highest BCUT2D eigenvalue weighted by molar-refractivity contribution is 7.89. The Morgan fingerprint density at radius 1 is 1.17 bits per heavy atom. The molecule has 9 nitrogen and oxygen atoms in total. The lowest BCUT2D eigenvalue weighted by atomic mass is 10.0. The molecule has 2 amide bonds. The zero-order valence-electron chi connectivity index (χ0n) is 17.1. The van der Waals surface area contributed by atoms with Crippen molar-refractivity contribution >= 4 is 33.5 Å². The van der Waals surface area contributed by atoms with Gasteiger partial charge in [0.1, 0.15) is 10.6 Å². The van der Waals surface area contributed by atoms with Crippen LogP contribution in [-0.2, 0) is 29.1 Å². The molecule has 10 heteroatoms. The van der Waals surface area contributed by atoms with E-state index in [1.807, 2.05) is 0 Å². The van der Waals surface area contributed by atoms with Gasteiger partial charge in [-0.05, 0) is 44.4 Å². The molecule has 0 N–H and O–H groups in total. The number of hydrogen-bond donors (Lipinski definition) is 0. The highest BCUT2D eigenvalue weighted by Gasteiger charge is 2.36. The lowest BCUT2D eigenvalue weighted by Crippen LogP contribution is -2.43. The predicted molar refractivity (Wildman–Crippen MR) is 107 cm³/mol. The van der Waals surface area contributed by atoms with Gasteiger partial charge >= 0.3 is 5.97 Å². The van der Waals surface area contributed by atoms with E-state index in [4.69, 9.17) is 9.47 Å². The van der Waals surface area contributed by atoms with Crippen LogP contribution in [0.3, 0.4) is 0 Å². The van der Waals surface area contributed by atoms with Crippen molar-refractivity contribution in [1.82, 2.24) is 4.31 Å². The van der Waals surface area contributed by atoms with Crippen LogP contribution in [0.25, 0.3) is 0 Å². The summed E-state index contributed by atoms with van der Waals surface area (Å²) in [5.41, 5.74) is 0.197. The maximum Gasteiger partial charge on any atom is 0.310 e. The number of benzene rings is 1. The lowest BCUT2D eigenvalue weighted by molar-refractivity contribution is -0.149. The standard InChI is InChI=1S/C20H26N2O7S/c1-3-29-20(25)14-6-5-11-21(13-14)30(26,27)17-12-15(9-10-16(17)28-2)22-18(23)7-4-8-19(22)24/h9-10,12,14H,3-8,11,13H2,1-2H3. The molecule has 0 saturated carbocycles.